The summed E-state index contributed by atoms with van der Waals surface area (Å²) in [6.45, 7) is 1.28. The zero-order valence-electron chi connectivity index (χ0n) is 15.7. The van der Waals surface area contributed by atoms with Crippen molar-refractivity contribution in [1.29, 1.82) is 0 Å². The lowest BCUT2D eigenvalue weighted by atomic mass is 10.2. The zero-order chi connectivity index (χ0) is 20.1. The second-order valence-electron chi connectivity index (χ2n) is 6.09. The Morgan fingerprint density at radius 3 is 2.86 bits per heavy atom. The molecule has 4 rings (SSSR count). The first-order valence-corrected chi connectivity index (χ1v) is 9.88. The number of carbonyl (C=O) groups excluding carboxylic acids is 1. The van der Waals surface area contributed by atoms with Crippen molar-refractivity contribution < 1.29 is 19.0 Å². The molecule has 3 aromatic rings. The topological polar surface area (TPSA) is 100 Å². The van der Waals surface area contributed by atoms with E-state index in [9.17, 15) is 4.79 Å². The highest BCUT2D eigenvalue weighted by Crippen LogP contribution is 2.34. The Labute approximate surface area is 171 Å². The van der Waals surface area contributed by atoms with Gasteiger partial charge in [0.1, 0.15) is 0 Å². The number of nitrogens with one attached hydrogen (secondary N) is 1. The molecule has 1 aromatic carbocycles. The van der Waals surface area contributed by atoms with Gasteiger partial charge in [0.2, 0.25) is 12.7 Å². The Morgan fingerprint density at radius 2 is 2.03 bits per heavy atom. The third-order valence-corrected chi connectivity index (χ3v) is 5.13. The molecule has 0 bridgehead atoms. The van der Waals surface area contributed by atoms with Gasteiger partial charge in [0, 0.05) is 36.8 Å². The van der Waals surface area contributed by atoms with E-state index >= 15 is 0 Å². The van der Waals surface area contributed by atoms with E-state index in [1.807, 2.05) is 16.7 Å². The normalized spacial score (nSPS) is 12.2. The van der Waals surface area contributed by atoms with Gasteiger partial charge in [0.05, 0.1) is 18.9 Å². The molecule has 0 atom stereocenters. The van der Waals surface area contributed by atoms with Gasteiger partial charge < -0.3 is 19.5 Å². The molecule has 0 aliphatic carbocycles. The summed E-state index contributed by atoms with van der Waals surface area (Å²) in [7, 11) is 1.64. The molecule has 9 nitrogen and oxygen atoms in total. The summed E-state index contributed by atoms with van der Waals surface area (Å²) < 4.78 is 17.8. The number of rotatable bonds is 8. The second-order valence-corrected chi connectivity index (χ2v) is 7.03. The van der Waals surface area contributed by atoms with Crippen LogP contribution in [0.2, 0.25) is 0 Å². The molecule has 0 spiro atoms. The summed E-state index contributed by atoms with van der Waals surface area (Å²) in [6.07, 6.45) is 3.41. The summed E-state index contributed by atoms with van der Waals surface area (Å²) in [5.74, 6) is 2.04. The third-order valence-electron chi connectivity index (χ3n) is 4.16. The number of methoxy groups -OCH3 is 1. The number of nitrogens with zero attached hydrogens (tertiary/aromatic N) is 4. The van der Waals surface area contributed by atoms with E-state index in [2.05, 4.69) is 20.5 Å². The lowest BCUT2D eigenvalue weighted by Crippen LogP contribution is -2.15. The lowest BCUT2D eigenvalue weighted by Gasteiger charge is -2.10. The van der Waals surface area contributed by atoms with Gasteiger partial charge in [-0.25, -0.2) is 0 Å². The van der Waals surface area contributed by atoms with E-state index in [1.165, 1.54) is 11.8 Å². The fourth-order valence-electron chi connectivity index (χ4n) is 2.80. The lowest BCUT2D eigenvalue weighted by molar-refractivity contribution is -0.113. The number of pyridine rings is 1. The number of hydrogen-bond donors (Lipinski definition) is 1. The molecule has 1 aliphatic rings. The molecule has 1 aliphatic heterocycles. The van der Waals surface area contributed by atoms with Crippen molar-refractivity contribution >= 4 is 23.4 Å². The van der Waals surface area contributed by atoms with Gasteiger partial charge in [-0.05, 0) is 24.3 Å². The number of carbonyl (C=O) groups is 1. The minimum absolute atomic E-state index is 0.152. The van der Waals surface area contributed by atoms with Gasteiger partial charge >= 0.3 is 0 Å². The van der Waals surface area contributed by atoms with Gasteiger partial charge in [-0.2, -0.15) is 0 Å². The highest BCUT2D eigenvalue weighted by molar-refractivity contribution is 7.99. The van der Waals surface area contributed by atoms with Gasteiger partial charge in [-0.1, -0.05) is 11.8 Å². The molecule has 3 heterocycles. The number of amides is 1. The van der Waals surface area contributed by atoms with Gasteiger partial charge in [-0.15, -0.1) is 10.2 Å². The van der Waals surface area contributed by atoms with Crippen molar-refractivity contribution in [2.75, 3.05) is 31.6 Å². The Kier molecular flexibility index (Phi) is 5.92. The zero-order valence-corrected chi connectivity index (χ0v) is 16.5. The fourth-order valence-corrected chi connectivity index (χ4v) is 3.56. The van der Waals surface area contributed by atoms with Crippen molar-refractivity contribution in [1.82, 2.24) is 19.7 Å². The van der Waals surface area contributed by atoms with Gasteiger partial charge in [0.15, 0.2) is 22.5 Å². The Bertz CT molecular complexity index is 996. The molecule has 0 unspecified atom stereocenters. The summed E-state index contributed by atoms with van der Waals surface area (Å²) in [4.78, 5) is 16.4. The number of thioether (sulfide) groups is 1. The minimum Gasteiger partial charge on any atom is -0.454 e. The molecule has 1 amide bonds. The summed E-state index contributed by atoms with van der Waals surface area (Å²) in [6, 6.07) is 9.03. The largest absolute Gasteiger partial charge is 0.454 e. The molecule has 0 fully saturated rings. The van der Waals surface area contributed by atoms with E-state index < -0.39 is 0 Å². The van der Waals surface area contributed by atoms with Crippen molar-refractivity contribution in [2.24, 2.45) is 0 Å². The average molecular weight is 413 g/mol. The van der Waals surface area contributed by atoms with Crippen LogP contribution in [0.25, 0.3) is 11.4 Å². The first-order chi connectivity index (χ1) is 14.2. The molecule has 10 heteroatoms. The minimum atomic E-state index is -0.152. The van der Waals surface area contributed by atoms with E-state index in [0.717, 1.165) is 5.56 Å². The van der Waals surface area contributed by atoms with Gasteiger partial charge in [0.25, 0.3) is 0 Å². The van der Waals surface area contributed by atoms with Crippen molar-refractivity contribution in [3.63, 3.8) is 0 Å². The molecule has 29 heavy (non-hydrogen) atoms. The predicted octanol–water partition coefficient (Wildman–Crippen LogP) is 2.45. The smallest absolute Gasteiger partial charge is 0.234 e. The first-order valence-electron chi connectivity index (χ1n) is 8.89. The maximum atomic E-state index is 12.4. The second kappa shape index (κ2) is 8.93. The standard InChI is InChI=1S/C19H19N5O4S/c1-26-9-8-24-18(13-4-6-20-7-5-13)22-23-19(24)29-11-17(25)21-14-2-3-15-16(10-14)28-12-27-15/h2-7,10H,8-9,11-12H2,1H3,(H,21,25). The summed E-state index contributed by atoms with van der Waals surface area (Å²) in [5.41, 5.74) is 1.55. The van der Waals surface area contributed by atoms with Crippen LogP contribution in [0.4, 0.5) is 5.69 Å². The molecule has 0 radical (unpaired) electrons. The first kappa shape index (κ1) is 19.2. The van der Waals surface area contributed by atoms with Crippen LogP contribution in [0.1, 0.15) is 0 Å². The molecule has 0 saturated carbocycles. The fraction of sp³-hybridized carbons (Fsp3) is 0.263. The summed E-state index contributed by atoms with van der Waals surface area (Å²) >= 11 is 1.32. The quantitative estimate of drug-likeness (QED) is 0.562. The third kappa shape index (κ3) is 4.49. The molecule has 150 valence electrons. The monoisotopic (exact) mass is 413 g/mol. The number of anilines is 1. The van der Waals surface area contributed by atoms with E-state index in [-0.39, 0.29) is 18.5 Å². The maximum absolute atomic E-state index is 12.4. The molecule has 1 N–H and O–H groups in total. The molecule has 0 saturated heterocycles. The number of benzene rings is 1. The Balaban J connectivity index is 1.43. The van der Waals surface area contributed by atoms with Crippen molar-refractivity contribution in [3.8, 4) is 22.9 Å². The number of ether oxygens (including phenoxy) is 3. The van der Waals surface area contributed by atoms with Crippen LogP contribution in [-0.2, 0) is 16.1 Å². The predicted molar refractivity (Wildman–Crippen MR) is 107 cm³/mol. The maximum Gasteiger partial charge on any atom is 0.234 e. The highest BCUT2D eigenvalue weighted by Gasteiger charge is 2.17. The van der Waals surface area contributed by atoms with Crippen molar-refractivity contribution in [2.45, 2.75) is 11.7 Å². The van der Waals surface area contributed by atoms with Crippen LogP contribution in [0, 0.1) is 0 Å². The Morgan fingerprint density at radius 1 is 1.21 bits per heavy atom. The van der Waals surface area contributed by atoms with Crippen molar-refractivity contribution in [3.05, 3.63) is 42.7 Å². The van der Waals surface area contributed by atoms with E-state index in [0.29, 0.717) is 41.3 Å². The number of aromatic nitrogens is 4. The molecule has 2 aromatic heterocycles. The van der Waals surface area contributed by atoms with Crippen LogP contribution in [0.5, 0.6) is 11.5 Å². The summed E-state index contributed by atoms with van der Waals surface area (Å²) in [5, 5.41) is 12.0. The van der Waals surface area contributed by atoms with Gasteiger partial charge in [-0.3, -0.25) is 14.3 Å². The number of hydrogen-bond acceptors (Lipinski definition) is 8. The highest BCUT2D eigenvalue weighted by atomic mass is 32.2. The molecular weight excluding hydrogens is 394 g/mol. The van der Waals surface area contributed by atoms with Crippen LogP contribution in [-0.4, -0.2) is 51.9 Å². The Hall–Kier alpha value is -3.11. The molecular formula is C19H19N5O4S. The SMILES string of the molecule is COCCn1c(SCC(=O)Nc2ccc3c(c2)OCO3)nnc1-c1ccncc1. The van der Waals surface area contributed by atoms with E-state index in [4.69, 9.17) is 14.2 Å². The van der Waals surface area contributed by atoms with Crippen LogP contribution in [0.3, 0.4) is 0 Å². The average Bonchev–Trinajstić information content (AvgIpc) is 3.37. The van der Waals surface area contributed by atoms with Crippen LogP contribution in [0.15, 0.2) is 47.9 Å². The number of fused-ring (bicyclic) bond motifs is 1. The van der Waals surface area contributed by atoms with Crippen LogP contribution >= 0.6 is 11.8 Å². The van der Waals surface area contributed by atoms with Crippen LogP contribution < -0.4 is 14.8 Å². The van der Waals surface area contributed by atoms with E-state index in [1.54, 1.807) is 37.7 Å².